The van der Waals surface area contributed by atoms with Gasteiger partial charge in [0.15, 0.2) is 0 Å². The summed E-state index contributed by atoms with van der Waals surface area (Å²) in [5, 5.41) is 3.36. The van der Waals surface area contributed by atoms with Gasteiger partial charge in [-0.25, -0.2) is 4.98 Å². The predicted molar refractivity (Wildman–Crippen MR) is 67.8 cm³/mol. The molecule has 2 heterocycles. The summed E-state index contributed by atoms with van der Waals surface area (Å²) in [6.45, 7) is 8.50. The van der Waals surface area contributed by atoms with Gasteiger partial charge in [-0.2, -0.15) is 0 Å². The molecule has 1 aromatic rings. The first-order chi connectivity index (χ1) is 7.79. The van der Waals surface area contributed by atoms with Crippen LogP contribution in [0.3, 0.4) is 0 Å². The van der Waals surface area contributed by atoms with E-state index in [0.29, 0.717) is 0 Å². The first-order valence-electron chi connectivity index (χ1n) is 6.23. The second-order valence-corrected chi connectivity index (χ2v) is 4.45. The summed E-state index contributed by atoms with van der Waals surface area (Å²) in [6, 6.07) is 4.39. The Morgan fingerprint density at radius 2 is 2.06 bits per heavy atom. The molecule has 0 aliphatic carbocycles. The normalized spacial score (nSPS) is 15.8. The number of rotatable bonds is 4. The number of nitrogens with one attached hydrogen (secondary N) is 1. The second kappa shape index (κ2) is 5.30. The Kier molecular flexibility index (Phi) is 3.78. The highest BCUT2D eigenvalue weighted by Gasteiger charge is 2.14. The molecule has 0 radical (unpaired) electrons. The maximum Gasteiger partial charge on any atom is 0.129 e. The summed E-state index contributed by atoms with van der Waals surface area (Å²) in [7, 11) is 0. The van der Waals surface area contributed by atoms with Crippen LogP contribution >= 0.6 is 0 Å². The Morgan fingerprint density at radius 3 is 2.75 bits per heavy atom. The molecule has 0 spiro atoms. The molecule has 2 rings (SSSR count). The minimum atomic E-state index is 0.945. The predicted octanol–water partition coefficient (Wildman–Crippen LogP) is 2.10. The summed E-state index contributed by atoms with van der Waals surface area (Å²) < 4.78 is 0. The van der Waals surface area contributed by atoms with E-state index >= 15 is 0 Å². The Morgan fingerprint density at radius 1 is 1.31 bits per heavy atom. The fourth-order valence-corrected chi connectivity index (χ4v) is 2.20. The van der Waals surface area contributed by atoms with Gasteiger partial charge in [-0.15, -0.1) is 0 Å². The van der Waals surface area contributed by atoms with E-state index in [1.807, 2.05) is 0 Å². The number of aryl methyl sites for hydroxylation is 1. The minimum Gasteiger partial charge on any atom is -0.357 e. The molecule has 1 aromatic heterocycles. The van der Waals surface area contributed by atoms with E-state index in [4.69, 9.17) is 0 Å². The molecule has 1 aliphatic rings. The molecule has 88 valence electrons. The number of aromatic nitrogens is 1. The van der Waals surface area contributed by atoms with Gasteiger partial charge in [-0.3, -0.25) is 0 Å². The smallest absolute Gasteiger partial charge is 0.129 e. The van der Waals surface area contributed by atoms with E-state index in [-0.39, 0.29) is 0 Å². The van der Waals surface area contributed by atoms with Crippen LogP contribution in [0.2, 0.25) is 0 Å². The Labute approximate surface area is 97.9 Å². The second-order valence-electron chi connectivity index (χ2n) is 4.45. The highest BCUT2D eigenvalue weighted by Crippen LogP contribution is 2.19. The summed E-state index contributed by atoms with van der Waals surface area (Å²) in [4.78, 5) is 7.01. The van der Waals surface area contributed by atoms with Crippen LogP contribution in [-0.2, 0) is 6.54 Å². The lowest BCUT2D eigenvalue weighted by Crippen LogP contribution is -2.20. The maximum absolute atomic E-state index is 4.62. The molecule has 1 N–H and O–H groups in total. The molecule has 0 aromatic carbocycles. The summed E-state index contributed by atoms with van der Waals surface area (Å²) in [5.41, 5.74) is 2.47. The van der Waals surface area contributed by atoms with Crippen LogP contribution in [0.25, 0.3) is 0 Å². The summed E-state index contributed by atoms with van der Waals surface area (Å²) in [5.74, 6) is 1.16. The van der Waals surface area contributed by atoms with Gasteiger partial charge in [0.2, 0.25) is 0 Å². The van der Waals surface area contributed by atoms with Crippen molar-refractivity contribution in [3.63, 3.8) is 0 Å². The molecule has 0 atom stereocenters. The van der Waals surface area contributed by atoms with Crippen LogP contribution < -0.4 is 10.2 Å². The van der Waals surface area contributed by atoms with E-state index in [9.17, 15) is 0 Å². The number of anilines is 1. The van der Waals surface area contributed by atoms with Gasteiger partial charge in [-0.1, -0.05) is 6.92 Å². The van der Waals surface area contributed by atoms with Crippen molar-refractivity contribution in [3.8, 4) is 0 Å². The molecule has 0 bridgehead atoms. The van der Waals surface area contributed by atoms with Crippen LogP contribution in [0.1, 0.15) is 31.0 Å². The van der Waals surface area contributed by atoms with Crippen molar-refractivity contribution in [1.82, 2.24) is 10.3 Å². The van der Waals surface area contributed by atoms with Crippen molar-refractivity contribution < 1.29 is 0 Å². The zero-order valence-corrected chi connectivity index (χ0v) is 10.3. The first-order valence-corrected chi connectivity index (χ1v) is 6.23. The van der Waals surface area contributed by atoms with Crippen LogP contribution in [0.15, 0.2) is 12.1 Å². The molecular formula is C13H21N3. The average Bonchev–Trinajstić information content (AvgIpc) is 2.79. The number of hydrogen-bond acceptors (Lipinski definition) is 3. The molecule has 0 unspecified atom stereocenters. The van der Waals surface area contributed by atoms with E-state index < -0.39 is 0 Å². The van der Waals surface area contributed by atoms with Gasteiger partial charge in [0.1, 0.15) is 5.82 Å². The molecule has 3 heteroatoms. The molecule has 0 saturated carbocycles. The van der Waals surface area contributed by atoms with E-state index in [0.717, 1.165) is 37.7 Å². The maximum atomic E-state index is 4.62. The lowest BCUT2D eigenvalue weighted by molar-refractivity contribution is 0.724. The zero-order valence-electron chi connectivity index (χ0n) is 10.3. The van der Waals surface area contributed by atoms with Gasteiger partial charge in [0.25, 0.3) is 0 Å². The first kappa shape index (κ1) is 11.4. The van der Waals surface area contributed by atoms with Crippen LogP contribution in [-0.4, -0.2) is 24.6 Å². The van der Waals surface area contributed by atoms with E-state index in [1.165, 1.54) is 18.4 Å². The van der Waals surface area contributed by atoms with Crippen molar-refractivity contribution >= 4 is 5.82 Å². The van der Waals surface area contributed by atoms with Crippen molar-refractivity contribution in [1.29, 1.82) is 0 Å². The van der Waals surface area contributed by atoms with E-state index in [2.05, 4.69) is 41.2 Å². The summed E-state index contributed by atoms with van der Waals surface area (Å²) >= 11 is 0. The lowest BCUT2D eigenvalue weighted by atomic mass is 10.2. The molecule has 0 amide bonds. The monoisotopic (exact) mass is 219 g/mol. The quantitative estimate of drug-likeness (QED) is 0.840. The largest absolute Gasteiger partial charge is 0.357 e. The fraction of sp³-hybridized carbons (Fsp3) is 0.615. The Balaban J connectivity index is 2.14. The minimum absolute atomic E-state index is 0.945. The molecular weight excluding hydrogens is 198 g/mol. The molecule has 1 fully saturated rings. The Bertz CT molecular complexity index is 343. The standard InChI is InChI=1S/C13H21N3/c1-3-14-10-12-8-11(2)15-13(9-12)16-6-4-5-7-16/h8-9,14H,3-7,10H2,1-2H3. The van der Waals surface area contributed by atoms with Crippen molar-refractivity contribution in [2.75, 3.05) is 24.5 Å². The van der Waals surface area contributed by atoms with Gasteiger partial charge in [0, 0.05) is 25.3 Å². The molecule has 1 saturated heterocycles. The molecule has 1 aliphatic heterocycles. The third-order valence-electron chi connectivity index (χ3n) is 3.01. The molecule has 3 nitrogen and oxygen atoms in total. The van der Waals surface area contributed by atoms with Crippen LogP contribution in [0.5, 0.6) is 0 Å². The van der Waals surface area contributed by atoms with Crippen molar-refractivity contribution in [2.45, 2.75) is 33.2 Å². The molecule has 16 heavy (non-hydrogen) atoms. The Hall–Kier alpha value is -1.09. The highest BCUT2D eigenvalue weighted by molar-refractivity contribution is 5.43. The highest BCUT2D eigenvalue weighted by atomic mass is 15.2. The average molecular weight is 219 g/mol. The fourth-order valence-electron chi connectivity index (χ4n) is 2.20. The third-order valence-corrected chi connectivity index (χ3v) is 3.01. The summed E-state index contributed by atoms with van der Waals surface area (Å²) in [6.07, 6.45) is 2.61. The number of hydrogen-bond donors (Lipinski definition) is 1. The topological polar surface area (TPSA) is 28.2 Å². The van der Waals surface area contributed by atoms with Gasteiger partial charge >= 0.3 is 0 Å². The van der Waals surface area contributed by atoms with Crippen molar-refractivity contribution in [2.24, 2.45) is 0 Å². The van der Waals surface area contributed by atoms with E-state index in [1.54, 1.807) is 0 Å². The number of pyridine rings is 1. The van der Waals surface area contributed by atoms with Gasteiger partial charge in [0.05, 0.1) is 0 Å². The SMILES string of the molecule is CCNCc1cc(C)nc(N2CCCC2)c1. The van der Waals surface area contributed by atoms with Crippen LogP contribution in [0, 0.1) is 6.92 Å². The lowest BCUT2D eigenvalue weighted by Gasteiger charge is -2.18. The van der Waals surface area contributed by atoms with Crippen molar-refractivity contribution in [3.05, 3.63) is 23.4 Å². The van der Waals surface area contributed by atoms with Crippen LogP contribution in [0.4, 0.5) is 5.82 Å². The number of nitrogens with zero attached hydrogens (tertiary/aromatic N) is 2. The third kappa shape index (κ3) is 2.73. The van der Waals surface area contributed by atoms with Gasteiger partial charge in [-0.05, 0) is 44.0 Å². The zero-order chi connectivity index (χ0) is 11.4. The van der Waals surface area contributed by atoms with Gasteiger partial charge < -0.3 is 10.2 Å².